The summed E-state index contributed by atoms with van der Waals surface area (Å²) in [6.45, 7) is 1.14. The number of nitrogens with zero attached hydrogens (tertiary/aromatic N) is 1. The van der Waals surface area contributed by atoms with Crippen molar-refractivity contribution < 1.29 is 30.8 Å². The predicted molar refractivity (Wildman–Crippen MR) is 99.8 cm³/mol. The summed E-state index contributed by atoms with van der Waals surface area (Å²) in [5.41, 5.74) is 1.33. The Balaban J connectivity index is 1.68. The van der Waals surface area contributed by atoms with Gasteiger partial charge < -0.3 is 4.42 Å². The van der Waals surface area contributed by atoms with Crippen LogP contribution in [0.4, 0.5) is 13.2 Å². The minimum atomic E-state index is -4.32. The summed E-state index contributed by atoms with van der Waals surface area (Å²) in [5.74, 6) is -1.26. The van der Waals surface area contributed by atoms with Gasteiger partial charge in [0.1, 0.15) is 11.5 Å². The van der Waals surface area contributed by atoms with Gasteiger partial charge in [-0.3, -0.25) is 4.79 Å². The van der Waals surface area contributed by atoms with E-state index in [1.54, 1.807) is 6.92 Å². The van der Waals surface area contributed by atoms with Crippen LogP contribution >= 0.6 is 0 Å². The fourth-order valence-corrected chi connectivity index (χ4v) is 4.91. The van der Waals surface area contributed by atoms with Crippen molar-refractivity contribution in [2.45, 2.75) is 43.9 Å². The number of ketones is 1. The largest absolute Gasteiger partial charge is 0.448 e. The number of rotatable bonds is 6. The van der Waals surface area contributed by atoms with E-state index in [9.17, 15) is 26.4 Å². The van der Waals surface area contributed by atoms with E-state index >= 15 is 0 Å². The van der Waals surface area contributed by atoms with E-state index in [0.717, 1.165) is 9.87 Å². The standard InChI is InChI=1S/C20H22F3NO4S/c1-14-16(12-18(25)11-15-5-3-2-4-6-15)13-19(28-14)29(26,27)24-9-7-17(8-10-24)20(21,22)23/h2-6,13,17H,7-12H2,1H3. The summed E-state index contributed by atoms with van der Waals surface area (Å²) in [7, 11) is -4.04. The number of halogens is 3. The second-order valence-electron chi connectivity index (χ2n) is 7.24. The molecule has 0 unspecified atom stereocenters. The van der Waals surface area contributed by atoms with Crippen molar-refractivity contribution in [3.8, 4) is 0 Å². The molecule has 5 nitrogen and oxygen atoms in total. The van der Waals surface area contributed by atoms with Crippen LogP contribution in [0.2, 0.25) is 0 Å². The molecule has 1 aliphatic heterocycles. The van der Waals surface area contributed by atoms with E-state index in [1.807, 2.05) is 30.3 Å². The molecule has 0 N–H and O–H groups in total. The number of aryl methyl sites for hydroxylation is 1. The van der Waals surface area contributed by atoms with Crippen LogP contribution < -0.4 is 0 Å². The van der Waals surface area contributed by atoms with Crippen molar-refractivity contribution in [3.05, 3.63) is 53.3 Å². The lowest BCUT2D eigenvalue weighted by molar-refractivity contribution is -0.182. The topological polar surface area (TPSA) is 67.6 Å². The van der Waals surface area contributed by atoms with E-state index < -0.39 is 22.1 Å². The average Bonchev–Trinajstić information content (AvgIpc) is 3.03. The quantitative estimate of drug-likeness (QED) is 0.698. The van der Waals surface area contributed by atoms with Gasteiger partial charge in [0, 0.05) is 37.6 Å². The van der Waals surface area contributed by atoms with Crippen LogP contribution in [-0.4, -0.2) is 37.8 Å². The number of Topliss-reactive ketones (excluding diaryl/α,β-unsaturated/α-hetero) is 1. The van der Waals surface area contributed by atoms with Crippen molar-refractivity contribution in [1.82, 2.24) is 4.31 Å². The molecule has 9 heteroatoms. The third kappa shape index (κ3) is 5.08. The van der Waals surface area contributed by atoms with Crippen LogP contribution in [0, 0.1) is 12.8 Å². The molecule has 29 heavy (non-hydrogen) atoms. The first kappa shape index (κ1) is 21.6. The van der Waals surface area contributed by atoms with Gasteiger partial charge in [0.2, 0.25) is 5.09 Å². The highest BCUT2D eigenvalue weighted by atomic mass is 32.2. The lowest BCUT2D eigenvalue weighted by Crippen LogP contribution is -2.41. The van der Waals surface area contributed by atoms with Gasteiger partial charge in [0.05, 0.1) is 5.92 Å². The highest BCUT2D eigenvalue weighted by molar-refractivity contribution is 7.89. The minimum absolute atomic E-state index is 0.0237. The Morgan fingerprint density at radius 1 is 1.14 bits per heavy atom. The van der Waals surface area contributed by atoms with Crippen LogP contribution in [-0.2, 0) is 27.7 Å². The molecule has 3 rings (SSSR count). The fraction of sp³-hybridized carbons (Fsp3) is 0.450. The molecule has 0 saturated carbocycles. The number of furan rings is 1. The van der Waals surface area contributed by atoms with Crippen LogP contribution in [0.5, 0.6) is 0 Å². The molecule has 0 atom stereocenters. The molecule has 1 saturated heterocycles. The summed E-state index contributed by atoms with van der Waals surface area (Å²) in [5, 5.41) is -0.331. The Morgan fingerprint density at radius 2 is 1.76 bits per heavy atom. The van der Waals surface area contributed by atoms with E-state index in [0.29, 0.717) is 11.3 Å². The van der Waals surface area contributed by atoms with Gasteiger partial charge >= 0.3 is 6.18 Å². The summed E-state index contributed by atoms with van der Waals surface area (Å²) < 4.78 is 70.3. The fourth-order valence-electron chi connectivity index (χ4n) is 3.44. The zero-order valence-corrected chi connectivity index (χ0v) is 16.7. The van der Waals surface area contributed by atoms with Gasteiger partial charge in [0.25, 0.3) is 10.0 Å². The lowest BCUT2D eigenvalue weighted by atomic mass is 9.98. The number of hydrogen-bond donors (Lipinski definition) is 0. The molecule has 1 aromatic heterocycles. The molecule has 2 aromatic rings. The number of hydrogen-bond acceptors (Lipinski definition) is 4. The number of sulfonamides is 1. The smallest absolute Gasteiger partial charge is 0.391 e. The van der Waals surface area contributed by atoms with Crippen molar-refractivity contribution in [2.24, 2.45) is 5.92 Å². The molecule has 1 fully saturated rings. The highest BCUT2D eigenvalue weighted by Gasteiger charge is 2.43. The number of piperidine rings is 1. The van der Waals surface area contributed by atoms with E-state index in [-0.39, 0.29) is 49.6 Å². The van der Waals surface area contributed by atoms with Gasteiger partial charge in [-0.2, -0.15) is 17.5 Å². The van der Waals surface area contributed by atoms with Crippen LogP contribution in [0.25, 0.3) is 0 Å². The third-order valence-electron chi connectivity index (χ3n) is 5.14. The third-order valence-corrected chi connectivity index (χ3v) is 6.90. The van der Waals surface area contributed by atoms with E-state index in [4.69, 9.17) is 4.42 Å². The highest BCUT2D eigenvalue weighted by Crippen LogP contribution is 2.36. The van der Waals surface area contributed by atoms with Gasteiger partial charge in [-0.05, 0) is 25.3 Å². The predicted octanol–water partition coefficient (Wildman–Crippen LogP) is 3.91. The molecule has 0 bridgehead atoms. The van der Waals surface area contributed by atoms with Crippen molar-refractivity contribution in [2.75, 3.05) is 13.1 Å². The number of carbonyl (C=O) groups excluding carboxylic acids is 1. The average molecular weight is 429 g/mol. The number of benzene rings is 1. The van der Waals surface area contributed by atoms with Gasteiger partial charge in [0.15, 0.2) is 0 Å². The Labute approximate surface area is 167 Å². The summed E-state index contributed by atoms with van der Waals surface area (Å²) >= 11 is 0. The molecule has 0 radical (unpaired) electrons. The molecule has 2 heterocycles. The van der Waals surface area contributed by atoms with Crippen molar-refractivity contribution in [1.29, 1.82) is 0 Å². The lowest BCUT2D eigenvalue weighted by Gasteiger charge is -2.31. The van der Waals surface area contributed by atoms with E-state index in [2.05, 4.69) is 0 Å². The van der Waals surface area contributed by atoms with Crippen LogP contribution in [0.15, 0.2) is 45.9 Å². The van der Waals surface area contributed by atoms with Crippen molar-refractivity contribution in [3.63, 3.8) is 0 Å². The zero-order chi connectivity index (χ0) is 21.2. The zero-order valence-electron chi connectivity index (χ0n) is 15.9. The molecule has 0 amide bonds. The second-order valence-corrected chi connectivity index (χ2v) is 9.11. The summed E-state index contributed by atoms with van der Waals surface area (Å²) in [6, 6.07) is 10.5. The van der Waals surface area contributed by atoms with Crippen molar-refractivity contribution >= 4 is 15.8 Å². The molecule has 158 valence electrons. The van der Waals surface area contributed by atoms with Gasteiger partial charge in [-0.15, -0.1) is 0 Å². The number of alkyl halides is 3. The van der Waals surface area contributed by atoms with E-state index in [1.165, 1.54) is 6.07 Å². The van der Waals surface area contributed by atoms with Crippen LogP contribution in [0.1, 0.15) is 29.7 Å². The number of carbonyl (C=O) groups is 1. The Bertz CT molecular complexity index is 959. The molecule has 0 aliphatic carbocycles. The normalized spacial score (nSPS) is 16.8. The summed E-state index contributed by atoms with van der Waals surface area (Å²) in [4.78, 5) is 12.3. The maximum Gasteiger partial charge on any atom is 0.391 e. The Hall–Kier alpha value is -2.13. The molecular formula is C20H22F3NO4S. The molecule has 1 aliphatic rings. The van der Waals surface area contributed by atoms with Crippen LogP contribution in [0.3, 0.4) is 0 Å². The first-order valence-electron chi connectivity index (χ1n) is 9.29. The Morgan fingerprint density at radius 3 is 2.34 bits per heavy atom. The van der Waals surface area contributed by atoms with Gasteiger partial charge in [-0.1, -0.05) is 30.3 Å². The monoisotopic (exact) mass is 429 g/mol. The van der Waals surface area contributed by atoms with Gasteiger partial charge in [-0.25, -0.2) is 8.42 Å². The maximum absolute atomic E-state index is 12.8. The first-order valence-corrected chi connectivity index (χ1v) is 10.7. The minimum Gasteiger partial charge on any atom is -0.448 e. The summed E-state index contributed by atoms with van der Waals surface area (Å²) in [6.07, 6.45) is -4.62. The first-order chi connectivity index (χ1) is 13.6. The SMILES string of the molecule is Cc1oc(S(=O)(=O)N2CCC(C(F)(F)F)CC2)cc1CC(=O)Cc1ccccc1. The second kappa shape index (κ2) is 8.31. The molecular weight excluding hydrogens is 407 g/mol. The Kier molecular flexibility index (Phi) is 6.19. The molecule has 1 aromatic carbocycles. The maximum atomic E-state index is 12.8. The molecule has 0 spiro atoms.